The van der Waals surface area contributed by atoms with Crippen molar-refractivity contribution < 1.29 is 13.5 Å². The molecule has 3 aromatic rings. The molecular weight excluding hydrogens is 382 g/mol. The van der Waals surface area contributed by atoms with Gasteiger partial charge in [-0.2, -0.15) is 18.6 Å². The number of hydrogen-bond donors (Lipinski definition) is 0. The Labute approximate surface area is 166 Å². The Hall–Kier alpha value is -2.74. The number of aromatic nitrogens is 3. The van der Waals surface area contributed by atoms with Gasteiger partial charge in [0.1, 0.15) is 5.75 Å². The molecule has 1 heterocycles. The molecule has 0 saturated carbocycles. The van der Waals surface area contributed by atoms with Crippen molar-refractivity contribution in [3.63, 3.8) is 0 Å². The lowest BCUT2D eigenvalue weighted by molar-refractivity contribution is 0.251. The Morgan fingerprint density at radius 2 is 1.71 bits per heavy atom. The SMILES string of the molecule is COc1ccc(-c2nnc(SC(F)F)n2/N=C\c2c(C)cc(C)cc2C)cc1. The van der Waals surface area contributed by atoms with Crippen molar-refractivity contribution in [2.75, 3.05) is 7.11 Å². The first-order valence-electron chi connectivity index (χ1n) is 8.56. The monoisotopic (exact) mass is 402 g/mol. The van der Waals surface area contributed by atoms with E-state index < -0.39 is 5.76 Å². The van der Waals surface area contributed by atoms with Crippen molar-refractivity contribution in [3.8, 4) is 17.1 Å². The summed E-state index contributed by atoms with van der Waals surface area (Å²) in [6.45, 7) is 6.01. The predicted octanol–water partition coefficient (Wildman–Crippen LogP) is 5.08. The van der Waals surface area contributed by atoms with E-state index in [0.29, 0.717) is 28.9 Å². The van der Waals surface area contributed by atoms with Crippen molar-refractivity contribution in [2.45, 2.75) is 31.7 Å². The van der Waals surface area contributed by atoms with Gasteiger partial charge in [0, 0.05) is 11.1 Å². The summed E-state index contributed by atoms with van der Waals surface area (Å²) in [5.74, 6) is -1.56. The maximum atomic E-state index is 13.0. The highest BCUT2D eigenvalue weighted by molar-refractivity contribution is 7.99. The van der Waals surface area contributed by atoms with E-state index in [1.807, 2.05) is 20.8 Å². The number of benzene rings is 2. The van der Waals surface area contributed by atoms with Gasteiger partial charge < -0.3 is 4.74 Å². The Morgan fingerprint density at radius 1 is 1.07 bits per heavy atom. The second-order valence-electron chi connectivity index (χ2n) is 6.28. The van der Waals surface area contributed by atoms with Crippen LogP contribution in [-0.2, 0) is 0 Å². The molecule has 0 atom stereocenters. The quantitative estimate of drug-likeness (QED) is 0.426. The van der Waals surface area contributed by atoms with Crippen LogP contribution in [0.2, 0.25) is 0 Å². The zero-order valence-corrected chi connectivity index (χ0v) is 16.8. The molecule has 28 heavy (non-hydrogen) atoms. The molecule has 5 nitrogen and oxygen atoms in total. The summed E-state index contributed by atoms with van der Waals surface area (Å²) in [5.41, 5.74) is 4.91. The first kappa shape index (κ1) is 20.0. The molecule has 0 amide bonds. The Morgan fingerprint density at radius 3 is 2.29 bits per heavy atom. The van der Waals surface area contributed by atoms with Gasteiger partial charge in [-0.1, -0.05) is 17.7 Å². The second kappa shape index (κ2) is 8.52. The summed E-state index contributed by atoms with van der Waals surface area (Å²) < 4.78 is 32.4. The largest absolute Gasteiger partial charge is 0.497 e. The molecule has 3 rings (SSSR count). The minimum Gasteiger partial charge on any atom is -0.497 e. The number of hydrogen-bond acceptors (Lipinski definition) is 5. The molecule has 0 fully saturated rings. The number of alkyl halides is 2. The van der Waals surface area contributed by atoms with Gasteiger partial charge in [0.2, 0.25) is 5.16 Å². The Bertz CT molecular complexity index is 977. The van der Waals surface area contributed by atoms with Gasteiger partial charge in [-0.3, -0.25) is 0 Å². The van der Waals surface area contributed by atoms with Gasteiger partial charge in [0.05, 0.1) is 13.3 Å². The van der Waals surface area contributed by atoms with Gasteiger partial charge in [0.15, 0.2) is 5.82 Å². The number of thioether (sulfide) groups is 1. The van der Waals surface area contributed by atoms with Crippen molar-refractivity contribution in [3.05, 3.63) is 58.7 Å². The lowest BCUT2D eigenvalue weighted by atomic mass is 10.0. The first-order chi connectivity index (χ1) is 13.4. The predicted molar refractivity (Wildman–Crippen MR) is 108 cm³/mol. The molecule has 0 aliphatic heterocycles. The topological polar surface area (TPSA) is 52.3 Å². The van der Waals surface area contributed by atoms with E-state index in [1.54, 1.807) is 37.6 Å². The summed E-state index contributed by atoms with van der Waals surface area (Å²) in [7, 11) is 1.57. The smallest absolute Gasteiger partial charge is 0.291 e. The average Bonchev–Trinajstić information content (AvgIpc) is 3.02. The van der Waals surface area contributed by atoms with E-state index in [9.17, 15) is 8.78 Å². The molecule has 0 saturated heterocycles. The standard InChI is InChI=1S/C20H20F2N4OS/c1-12-9-13(2)17(14(3)10-12)11-23-26-18(24-25-20(26)28-19(21)22)15-5-7-16(27-4)8-6-15/h5-11,19H,1-4H3/b23-11-. The molecule has 0 aliphatic rings. The van der Waals surface area contributed by atoms with Crippen LogP contribution in [0.4, 0.5) is 8.78 Å². The number of halogens is 2. The van der Waals surface area contributed by atoms with Crippen LogP contribution in [0.3, 0.4) is 0 Å². The lowest BCUT2D eigenvalue weighted by Crippen LogP contribution is -2.00. The lowest BCUT2D eigenvalue weighted by Gasteiger charge is -2.08. The van der Waals surface area contributed by atoms with Crippen LogP contribution in [0.5, 0.6) is 5.75 Å². The van der Waals surface area contributed by atoms with E-state index in [4.69, 9.17) is 4.74 Å². The number of nitrogens with zero attached hydrogens (tertiary/aromatic N) is 4. The van der Waals surface area contributed by atoms with Gasteiger partial charge in [-0.05, 0) is 67.9 Å². The van der Waals surface area contributed by atoms with Crippen LogP contribution in [-0.4, -0.2) is 34.0 Å². The van der Waals surface area contributed by atoms with Gasteiger partial charge in [-0.15, -0.1) is 10.2 Å². The summed E-state index contributed by atoms with van der Waals surface area (Å²) >= 11 is 0.312. The Balaban J connectivity index is 2.05. The van der Waals surface area contributed by atoms with Crippen molar-refractivity contribution in [1.29, 1.82) is 0 Å². The fourth-order valence-electron chi connectivity index (χ4n) is 2.95. The van der Waals surface area contributed by atoms with Gasteiger partial charge in [-0.25, -0.2) is 0 Å². The van der Waals surface area contributed by atoms with Crippen LogP contribution in [0.15, 0.2) is 46.7 Å². The summed E-state index contributed by atoms with van der Waals surface area (Å²) in [4.78, 5) is 0. The van der Waals surface area contributed by atoms with Crippen molar-refractivity contribution in [2.24, 2.45) is 5.10 Å². The molecular formula is C20H20F2N4OS. The van der Waals surface area contributed by atoms with Crippen LogP contribution in [0.25, 0.3) is 11.4 Å². The van der Waals surface area contributed by atoms with E-state index in [2.05, 4.69) is 27.4 Å². The summed E-state index contributed by atoms with van der Waals surface area (Å²) in [5, 5.41) is 12.4. The number of ether oxygens (including phenoxy) is 1. The molecule has 0 aliphatic carbocycles. The zero-order chi connectivity index (χ0) is 20.3. The summed E-state index contributed by atoms with van der Waals surface area (Å²) in [6, 6.07) is 11.2. The zero-order valence-electron chi connectivity index (χ0n) is 16.0. The molecule has 0 spiro atoms. The molecule has 146 valence electrons. The molecule has 0 bridgehead atoms. The highest BCUT2D eigenvalue weighted by atomic mass is 32.2. The third-order valence-corrected chi connectivity index (χ3v) is 4.84. The first-order valence-corrected chi connectivity index (χ1v) is 9.44. The van der Waals surface area contributed by atoms with E-state index in [1.165, 1.54) is 4.68 Å². The van der Waals surface area contributed by atoms with Crippen LogP contribution in [0, 0.1) is 20.8 Å². The van der Waals surface area contributed by atoms with E-state index in [0.717, 1.165) is 22.3 Å². The minimum absolute atomic E-state index is 0.0273. The fourth-order valence-corrected chi connectivity index (χ4v) is 3.43. The third-order valence-electron chi connectivity index (χ3n) is 4.20. The van der Waals surface area contributed by atoms with Gasteiger partial charge in [0.25, 0.3) is 5.76 Å². The maximum absolute atomic E-state index is 13.0. The van der Waals surface area contributed by atoms with E-state index in [-0.39, 0.29) is 5.16 Å². The van der Waals surface area contributed by atoms with Crippen LogP contribution >= 0.6 is 11.8 Å². The Kier molecular flexibility index (Phi) is 6.08. The molecule has 2 aromatic carbocycles. The number of methoxy groups -OCH3 is 1. The molecule has 8 heteroatoms. The molecule has 0 radical (unpaired) electrons. The highest BCUT2D eigenvalue weighted by Gasteiger charge is 2.18. The molecule has 1 aromatic heterocycles. The molecule has 0 N–H and O–H groups in total. The highest BCUT2D eigenvalue weighted by Crippen LogP contribution is 2.29. The van der Waals surface area contributed by atoms with E-state index >= 15 is 0 Å². The second-order valence-corrected chi connectivity index (χ2v) is 7.24. The van der Waals surface area contributed by atoms with Crippen molar-refractivity contribution >= 4 is 18.0 Å². The van der Waals surface area contributed by atoms with Crippen LogP contribution in [0.1, 0.15) is 22.3 Å². The van der Waals surface area contributed by atoms with Crippen LogP contribution < -0.4 is 4.74 Å². The minimum atomic E-state index is -2.62. The average molecular weight is 402 g/mol. The summed E-state index contributed by atoms with van der Waals surface area (Å²) in [6.07, 6.45) is 1.66. The normalized spacial score (nSPS) is 11.5. The fraction of sp³-hybridized carbons (Fsp3) is 0.250. The third kappa shape index (κ3) is 4.39. The molecule has 0 unspecified atom stereocenters. The van der Waals surface area contributed by atoms with Gasteiger partial charge >= 0.3 is 0 Å². The maximum Gasteiger partial charge on any atom is 0.291 e. The number of rotatable bonds is 6. The van der Waals surface area contributed by atoms with Crippen molar-refractivity contribution in [1.82, 2.24) is 14.9 Å². The number of aryl methyl sites for hydroxylation is 3.